The zero-order valence-electron chi connectivity index (χ0n) is 17.5. The van der Waals surface area contributed by atoms with Gasteiger partial charge in [0.15, 0.2) is 0 Å². The standard InChI is InChI=1S/C24H26N2O4/c1-4-30-23(28)24(13-16-7-5-6-8-17(16)14-24)26-22(27)12-19-15(2)25-21-10-9-18(29-3)11-20(19)21/h5-11,25H,4,12-14H2,1-3H3,(H,26,27). The highest BCUT2D eigenvalue weighted by Gasteiger charge is 2.46. The zero-order chi connectivity index (χ0) is 21.3. The number of hydrogen-bond donors (Lipinski definition) is 2. The Balaban J connectivity index is 1.61. The average Bonchev–Trinajstić information content (AvgIpc) is 3.25. The molecule has 0 aliphatic heterocycles. The molecule has 0 fully saturated rings. The van der Waals surface area contributed by atoms with Crippen molar-refractivity contribution in [3.63, 3.8) is 0 Å². The van der Waals surface area contributed by atoms with Crippen molar-refractivity contribution in [3.05, 3.63) is 64.8 Å². The number of carbonyl (C=O) groups is 2. The van der Waals surface area contributed by atoms with Gasteiger partial charge in [0.05, 0.1) is 20.1 Å². The second-order valence-corrected chi connectivity index (χ2v) is 7.79. The van der Waals surface area contributed by atoms with E-state index in [0.717, 1.165) is 39.0 Å². The third kappa shape index (κ3) is 3.54. The van der Waals surface area contributed by atoms with Gasteiger partial charge in [-0.05, 0) is 48.7 Å². The SMILES string of the molecule is CCOC(=O)C1(NC(=O)Cc2c(C)[nH]c3ccc(OC)cc23)Cc2ccccc2C1. The van der Waals surface area contributed by atoms with E-state index in [0.29, 0.717) is 12.8 Å². The molecule has 1 aliphatic carbocycles. The summed E-state index contributed by atoms with van der Waals surface area (Å²) in [6.07, 6.45) is 1.04. The Hall–Kier alpha value is -3.28. The molecule has 3 aromatic rings. The summed E-state index contributed by atoms with van der Waals surface area (Å²) in [6, 6.07) is 13.6. The molecule has 6 nitrogen and oxygen atoms in total. The van der Waals surface area contributed by atoms with Crippen molar-refractivity contribution in [3.8, 4) is 5.75 Å². The van der Waals surface area contributed by atoms with E-state index in [-0.39, 0.29) is 24.9 Å². The maximum Gasteiger partial charge on any atom is 0.332 e. The molecule has 4 rings (SSSR count). The maximum absolute atomic E-state index is 13.1. The van der Waals surface area contributed by atoms with Crippen LogP contribution in [0.15, 0.2) is 42.5 Å². The summed E-state index contributed by atoms with van der Waals surface area (Å²) in [7, 11) is 1.62. The van der Waals surface area contributed by atoms with E-state index in [1.54, 1.807) is 14.0 Å². The fourth-order valence-electron chi connectivity index (χ4n) is 4.36. The lowest BCUT2D eigenvalue weighted by molar-refractivity contribution is -0.153. The molecule has 0 saturated heterocycles. The number of amides is 1. The average molecular weight is 406 g/mol. The number of aryl methyl sites for hydroxylation is 1. The van der Waals surface area contributed by atoms with Crippen LogP contribution in [0.2, 0.25) is 0 Å². The van der Waals surface area contributed by atoms with Crippen molar-refractivity contribution in [2.75, 3.05) is 13.7 Å². The predicted octanol–water partition coefficient (Wildman–Crippen LogP) is 3.24. The first-order chi connectivity index (χ1) is 14.5. The highest BCUT2D eigenvalue weighted by molar-refractivity contribution is 5.94. The van der Waals surface area contributed by atoms with Crippen LogP contribution < -0.4 is 10.1 Å². The Morgan fingerprint density at radius 1 is 1.13 bits per heavy atom. The molecule has 1 aromatic heterocycles. The second kappa shape index (κ2) is 7.86. The van der Waals surface area contributed by atoms with Crippen LogP contribution in [0.1, 0.15) is 29.3 Å². The van der Waals surface area contributed by atoms with Gasteiger partial charge in [0, 0.05) is 29.4 Å². The summed E-state index contributed by atoms with van der Waals surface area (Å²) in [5, 5.41) is 3.97. The van der Waals surface area contributed by atoms with Crippen molar-refractivity contribution in [1.82, 2.24) is 10.3 Å². The number of methoxy groups -OCH3 is 1. The minimum atomic E-state index is -1.06. The monoisotopic (exact) mass is 406 g/mol. The Morgan fingerprint density at radius 3 is 2.47 bits per heavy atom. The molecule has 0 radical (unpaired) electrons. The molecule has 2 aromatic carbocycles. The number of nitrogens with one attached hydrogen (secondary N) is 2. The molecule has 0 spiro atoms. The highest BCUT2D eigenvalue weighted by atomic mass is 16.5. The number of benzene rings is 2. The van der Waals surface area contributed by atoms with E-state index in [1.165, 1.54) is 0 Å². The minimum Gasteiger partial charge on any atom is -0.497 e. The van der Waals surface area contributed by atoms with Crippen LogP contribution in [0.25, 0.3) is 10.9 Å². The third-order valence-corrected chi connectivity index (χ3v) is 5.81. The van der Waals surface area contributed by atoms with E-state index < -0.39 is 5.54 Å². The van der Waals surface area contributed by atoms with Crippen molar-refractivity contribution in [1.29, 1.82) is 0 Å². The van der Waals surface area contributed by atoms with Crippen LogP contribution in [-0.4, -0.2) is 36.1 Å². The summed E-state index contributed by atoms with van der Waals surface area (Å²) in [5.41, 5.74) is 3.85. The van der Waals surface area contributed by atoms with Gasteiger partial charge in [-0.1, -0.05) is 24.3 Å². The lowest BCUT2D eigenvalue weighted by Gasteiger charge is -2.28. The molecule has 0 atom stereocenters. The van der Waals surface area contributed by atoms with Gasteiger partial charge in [0.2, 0.25) is 5.91 Å². The van der Waals surface area contributed by atoms with Gasteiger partial charge in [-0.3, -0.25) is 4.79 Å². The lowest BCUT2D eigenvalue weighted by Crippen LogP contribution is -2.56. The predicted molar refractivity (Wildman–Crippen MR) is 115 cm³/mol. The molecule has 156 valence electrons. The number of carbonyl (C=O) groups excluding carboxylic acids is 2. The fraction of sp³-hybridized carbons (Fsp3) is 0.333. The lowest BCUT2D eigenvalue weighted by atomic mass is 9.94. The summed E-state index contributed by atoms with van der Waals surface area (Å²) in [4.78, 5) is 29.3. The van der Waals surface area contributed by atoms with Gasteiger partial charge in [0.1, 0.15) is 11.3 Å². The molecule has 1 heterocycles. The normalized spacial score (nSPS) is 14.4. The topological polar surface area (TPSA) is 80.4 Å². The second-order valence-electron chi connectivity index (χ2n) is 7.79. The molecule has 0 bridgehead atoms. The number of hydrogen-bond acceptors (Lipinski definition) is 4. The van der Waals surface area contributed by atoms with Crippen molar-refractivity contribution in [2.24, 2.45) is 0 Å². The third-order valence-electron chi connectivity index (χ3n) is 5.81. The van der Waals surface area contributed by atoms with E-state index in [9.17, 15) is 9.59 Å². The van der Waals surface area contributed by atoms with E-state index in [2.05, 4.69) is 10.3 Å². The number of H-pyrrole nitrogens is 1. The van der Waals surface area contributed by atoms with Crippen LogP contribution in [-0.2, 0) is 33.6 Å². The number of aromatic amines is 1. The quantitative estimate of drug-likeness (QED) is 0.616. The Morgan fingerprint density at radius 2 is 1.83 bits per heavy atom. The Labute approximate surface area is 175 Å². The van der Waals surface area contributed by atoms with Crippen molar-refractivity contribution in [2.45, 2.75) is 38.6 Å². The number of esters is 1. The van der Waals surface area contributed by atoms with E-state index >= 15 is 0 Å². The number of fused-ring (bicyclic) bond motifs is 2. The Bertz CT molecular complexity index is 1090. The molecular weight excluding hydrogens is 380 g/mol. The van der Waals surface area contributed by atoms with E-state index in [1.807, 2.05) is 49.4 Å². The van der Waals surface area contributed by atoms with Crippen LogP contribution in [0, 0.1) is 6.92 Å². The van der Waals surface area contributed by atoms with Crippen molar-refractivity contribution >= 4 is 22.8 Å². The van der Waals surface area contributed by atoms with Crippen LogP contribution >= 0.6 is 0 Å². The first-order valence-electron chi connectivity index (χ1n) is 10.2. The summed E-state index contributed by atoms with van der Waals surface area (Å²) in [6.45, 7) is 3.99. The molecule has 1 amide bonds. The first kappa shape index (κ1) is 20.0. The van der Waals surface area contributed by atoms with Gasteiger partial charge in [-0.25, -0.2) is 4.79 Å². The van der Waals surface area contributed by atoms with Gasteiger partial charge >= 0.3 is 5.97 Å². The van der Waals surface area contributed by atoms with Gasteiger partial charge in [0.25, 0.3) is 0 Å². The van der Waals surface area contributed by atoms with Crippen molar-refractivity contribution < 1.29 is 19.1 Å². The maximum atomic E-state index is 13.1. The molecule has 0 saturated carbocycles. The van der Waals surface area contributed by atoms with Crippen LogP contribution in [0.4, 0.5) is 0 Å². The zero-order valence-corrected chi connectivity index (χ0v) is 17.5. The first-order valence-corrected chi connectivity index (χ1v) is 10.2. The van der Waals surface area contributed by atoms with Crippen LogP contribution in [0.5, 0.6) is 5.75 Å². The molecule has 0 unspecified atom stereocenters. The number of rotatable bonds is 6. The minimum absolute atomic E-state index is 0.163. The molecule has 30 heavy (non-hydrogen) atoms. The molecule has 6 heteroatoms. The largest absolute Gasteiger partial charge is 0.497 e. The molecular formula is C24H26N2O4. The van der Waals surface area contributed by atoms with Gasteiger partial charge in [-0.2, -0.15) is 0 Å². The molecule has 2 N–H and O–H groups in total. The molecule has 1 aliphatic rings. The number of aromatic nitrogens is 1. The number of ether oxygens (including phenoxy) is 2. The van der Waals surface area contributed by atoms with Gasteiger partial charge < -0.3 is 19.8 Å². The highest BCUT2D eigenvalue weighted by Crippen LogP contribution is 2.32. The fourth-order valence-corrected chi connectivity index (χ4v) is 4.36. The smallest absolute Gasteiger partial charge is 0.332 e. The summed E-state index contributed by atoms with van der Waals surface area (Å²) in [5.74, 6) is 0.145. The van der Waals surface area contributed by atoms with E-state index in [4.69, 9.17) is 9.47 Å². The Kier molecular flexibility index (Phi) is 5.24. The summed E-state index contributed by atoms with van der Waals surface area (Å²) < 4.78 is 10.7. The van der Waals surface area contributed by atoms with Gasteiger partial charge in [-0.15, -0.1) is 0 Å². The van der Waals surface area contributed by atoms with Crippen LogP contribution in [0.3, 0.4) is 0 Å². The summed E-state index contributed by atoms with van der Waals surface area (Å²) >= 11 is 0.